The minimum Gasteiger partial charge on any atom is -0.432 e. The molecule has 0 bridgehead atoms. The Labute approximate surface area is 115 Å². The van der Waals surface area contributed by atoms with Crippen molar-refractivity contribution in [3.8, 4) is 11.6 Å². The third-order valence-electron chi connectivity index (χ3n) is 2.84. The number of rotatable bonds is 4. The molecule has 1 atom stereocenters. The number of para-hydroxylation sites is 1. The normalized spacial score (nSPS) is 11.9. The molecule has 0 saturated carbocycles. The monoisotopic (exact) mass is 274 g/mol. The lowest BCUT2D eigenvalue weighted by Crippen LogP contribution is -1.98. The lowest BCUT2D eigenvalue weighted by Gasteiger charge is -2.09. The van der Waals surface area contributed by atoms with E-state index in [0.29, 0.717) is 11.1 Å². The van der Waals surface area contributed by atoms with Gasteiger partial charge in [-0.15, -0.1) is 0 Å². The van der Waals surface area contributed by atoms with Crippen LogP contribution in [0.25, 0.3) is 0 Å². The first-order chi connectivity index (χ1) is 9.49. The Morgan fingerprint density at radius 1 is 1.35 bits per heavy atom. The second-order valence-corrected chi connectivity index (χ2v) is 4.39. The summed E-state index contributed by atoms with van der Waals surface area (Å²) in [6.07, 6.45) is 0.855. The van der Waals surface area contributed by atoms with Crippen LogP contribution in [0.15, 0.2) is 36.5 Å². The van der Waals surface area contributed by atoms with Gasteiger partial charge in [0, 0.05) is 18.3 Å². The summed E-state index contributed by atoms with van der Waals surface area (Å²) < 4.78 is 5.50. The van der Waals surface area contributed by atoms with Gasteiger partial charge in [-0.1, -0.05) is 12.1 Å². The molecule has 0 spiro atoms. The van der Waals surface area contributed by atoms with Crippen LogP contribution in [0.1, 0.15) is 24.2 Å². The van der Waals surface area contributed by atoms with Crippen molar-refractivity contribution in [2.24, 2.45) is 0 Å². The molecule has 6 heteroatoms. The van der Waals surface area contributed by atoms with E-state index in [0.717, 1.165) is 0 Å². The molecule has 0 amide bonds. The van der Waals surface area contributed by atoms with Gasteiger partial charge in [0.15, 0.2) is 0 Å². The fourth-order valence-corrected chi connectivity index (χ4v) is 1.72. The highest BCUT2D eigenvalue weighted by Crippen LogP contribution is 2.33. The highest BCUT2D eigenvalue weighted by Gasteiger charge is 2.18. The van der Waals surface area contributed by atoms with Gasteiger partial charge in [0.25, 0.3) is 0 Å². The number of nitro benzene ring substituents is 1. The fraction of sp³-hybridized carbons (Fsp3) is 0.214. The van der Waals surface area contributed by atoms with Crippen LogP contribution < -0.4 is 4.74 Å². The van der Waals surface area contributed by atoms with Crippen LogP contribution in [0.2, 0.25) is 0 Å². The summed E-state index contributed by atoms with van der Waals surface area (Å²) in [6.45, 7) is 3.36. The Morgan fingerprint density at radius 2 is 2.10 bits per heavy atom. The maximum Gasteiger partial charge on any atom is 0.311 e. The van der Waals surface area contributed by atoms with E-state index in [1.54, 1.807) is 38.1 Å². The summed E-state index contributed by atoms with van der Waals surface area (Å²) in [5, 5.41) is 20.4. The van der Waals surface area contributed by atoms with Crippen molar-refractivity contribution < 1.29 is 14.8 Å². The molecule has 1 aromatic carbocycles. The van der Waals surface area contributed by atoms with Gasteiger partial charge in [-0.25, -0.2) is 4.98 Å². The van der Waals surface area contributed by atoms with E-state index >= 15 is 0 Å². The maximum absolute atomic E-state index is 11.0. The molecule has 0 saturated heterocycles. The standard InChI is InChI=1S/C14H14N2O4/c1-9-4-3-5-12(16(18)19)14(9)20-13-7-6-11(8-15-13)10(2)17/h3-8,10,17H,1-2H3/t10-/m0/s1. The van der Waals surface area contributed by atoms with Crippen molar-refractivity contribution in [1.82, 2.24) is 4.98 Å². The van der Waals surface area contributed by atoms with Crippen LogP contribution in [-0.4, -0.2) is 15.0 Å². The summed E-state index contributed by atoms with van der Waals surface area (Å²) in [7, 11) is 0. The van der Waals surface area contributed by atoms with Gasteiger partial charge < -0.3 is 9.84 Å². The third kappa shape index (κ3) is 2.92. The van der Waals surface area contributed by atoms with E-state index in [1.807, 2.05) is 0 Å². The van der Waals surface area contributed by atoms with Crippen LogP contribution in [0.5, 0.6) is 11.6 Å². The molecule has 0 aliphatic rings. The number of aryl methyl sites for hydroxylation is 1. The van der Waals surface area contributed by atoms with Gasteiger partial charge in [0.2, 0.25) is 11.6 Å². The summed E-state index contributed by atoms with van der Waals surface area (Å²) in [6, 6.07) is 7.94. The van der Waals surface area contributed by atoms with Crippen LogP contribution >= 0.6 is 0 Å². The number of aromatic nitrogens is 1. The number of nitro groups is 1. The minimum atomic E-state index is -0.621. The Hall–Kier alpha value is -2.47. The topological polar surface area (TPSA) is 85.5 Å². The smallest absolute Gasteiger partial charge is 0.311 e. The molecule has 1 N–H and O–H groups in total. The van der Waals surface area contributed by atoms with Crippen LogP contribution in [-0.2, 0) is 0 Å². The first kappa shape index (κ1) is 14.0. The molecule has 0 unspecified atom stereocenters. The molecular formula is C14H14N2O4. The van der Waals surface area contributed by atoms with Crippen molar-refractivity contribution in [2.45, 2.75) is 20.0 Å². The largest absolute Gasteiger partial charge is 0.432 e. The number of nitrogens with zero attached hydrogens (tertiary/aromatic N) is 2. The Bertz CT molecular complexity index is 624. The van der Waals surface area contributed by atoms with Crippen LogP contribution in [0, 0.1) is 17.0 Å². The zero-order valence-corrected chi connectivity index (χ0v) is 11.1. The molecule has 0 aliphatic heterocycles. The van der Waals surface area contributed by atoms with E-state index in [2.05, 4.69) is 4.98 Å². The molecule has 1 aromatic heterocycles. The molecular weight excluding hydrogens is 260 g/mol. The van der Waals surface area contributed by atoms with Crippen molar-refractivity contribution >= 4 is 5.69 Å². The quantitative estimate of drug-likeness (QED) is 0.683. The van der Waals surface area contributed by atoms with Crippen molar-refractivity contribution in [1.29, 1.82) is 0 Å². The van der Waals surface area contributed by atoms with Gasteiger partial charge in [-0.2, -0.15) is 0 Å². The second kappa shape index (κ2) is 5.66. The molecule has 6 nitrogen and oxygen atoms in total. The Morgan fingerprint density at radius 3 is 2.65 bits per heavy atom. The summed E-state index contributed by atoms with van der Waals surface area (Å²) in [4.78, 5) is 14.5. The van der Waals surface area contributed by atoms with Gasteiger partial charge in [0.05, 0.1) is 11.0 Å². The van der Waals surface area contributed by atoms with E-state index in [9.17, 15) is 15.2 Å². The number of hydrogen-bond donors (Lipinski definition) is 1. The summed E-state index contributed by atoms with van der Waals surface area (Å²) >= 11 is 0. The third-order valence-corrected chi connectivity index (χ3v) is 2.84. The SMILES string of the molecule is Cc1cccc([N+](=O)[O-])c1Oc1ccc([C@H](C)O)cn1. The number of ether oxygens (including phenoxy) is 1. The van der Waals surface area contributed by atoms with E-state index in [1.165, 1.54) is 12.3 Å². The number of aliphatic hydroxyl groups excluding tert-OH is 1. The average Bonchev–Trinajstić information content (AvgIpc) is 2.41. The molecule has 20 heavy (non-hydrogen) atoms. The maximum atomic E-state index is 11.0. The first-order valence-corrected chi connectivity index (χ1v) is 6.05. The molecule has 0 aliphatic carbocycles. The number of hydrogen-bond acceptors (Lipinski definition) is 5. The van der Waals surface area contributed by atoms with Gasteiger partial charge >= 0.3 is 5.69 Å². The van der Waals surface area contributed by atoms with Gasteiger partial charge in [-0.3, -0.25) is 10.1 Å². The molecule has 0 radical (unpaired) electrons. The average molecular weight is 274 g/mol. The van der Waals surface area contributed by atoms with Crippen molar-refractivity contribution in [3.63, 3.8) is 0 Å². The second-order valence-electron chi connectivity index (χ2n) is 4.39. The van der Waals surface area contributed by atoms with Crippen LogP contribution in [0.4, 0.5) is 5.69 Å². The number of benzene rings is 1. The highest BCUT2D eigenvalue weighted by molar-refractivity contribution is 5.52. The highest BCUT2D eigenvalue weighted by atomic mass is 16.6. The molecule has 0 fully saturated rings. The van der Waals surface area contributed by atoms with E-state index in [-0.39, 0.29) is 17.3 Å². The predicted molar refractivity (Wildman–Crippen MR) is 72.8 cm³/mol. The Balaban J connectivity index is 2.32. The van der Waals surface area contributed by atoms with Crippen molar-refractivity contribution in [2.75, 3.05) is 0 Å². The van der Waals surface area contributed by atoms with Crippen LogP contribution in [0.3, 0.4) is 0 Å². The molecule has 2 aromatic rings. The number of aliphatic hydroxyl groups is 1. The lowest BCUT2D eigenvalue weighted by atomic mass is 10.2. The summed E-state index contributed by atoms with van der Waals surface area (Å²) in [5.41, 5.74) is 1.20. The lowest BCUT2D eigenvalue weighted by molar-refractivity contribution is -0.385. The zero-order chi connectivity index (χ0) is 14.7. The molecule has 2 rings (SSSR count). The van der Waals surface area contributed by atoms with E-state index in [4.69, 9.17) is 4.74 Å². The predicted octanol–water partition coefficient (Wildman–Crippen LogP) is 3.14. The van der Waals surface area contributed by atoms with Gasteiger partial charge in [-0.05, 0) is 31.0 Å². The minimum absolute atomic E-state index is 0.105. The fourth-order valence-electron chi connectivity index (χ4n) is 1.72. The van der Waals surface area contributed by atoms with Gasteiger partial charge in [0.1, 0.15) is 0 Å². The number of pyridine rings is 1. The Kier molecular flexibility index (Phi) is 3.95. The van der Waals surface area contributed by atoms with E-state index < -0.39 is 11.0 Å². The molecule has 1 heterocycles. The summed E-state index contributed by atoms with van der Waals surface area (Å²) in [5.74, 6) is 0.418. The zero-order valence-electron chi connectivity index (χ0n) is 11.1. The van der Waals surface area contributed by atoms with Crippen molar-refractivity contribution in [3.05, 3.63) is 57.8 Å². The first-order valence-electron chi connectivity index (χ1n) is 6.05. The molecule has 104 valence electrons.